The lowest BCUT2D eigenvalue weighted by Gasteiger charge is -2.15. The van der Waals surface area contributed by atoms with E-state index in [1.54, 1.807) is 6.92 Å². The molecule has 4 heteroatoms. The van der Waals surface area contributed by atoms with Crippen LogP contribution in [0.25, 0.3) is 0 Å². The van der Waals surface area contributed by atoms with Crippen molar-refractivity contribution in [3.05, 3.63) is 0 Å². The molecule has 0 aliphatic rings. The molecule has 0 aromatic heterocycles. The van der Waals surface area contributed by atoms with Gasteiger partial charge in [-0.05, 0) is 13.3 Å². The molecule has 0 saturated carbocycles. The van der Waals surface area contributed by atoms with Gasteiger partial charge in [-0.2, -0.15) is 13.2 Å². The van der Waals surface area contributed by atoms with Crippen LogP contribution in [-0.2, 0) is 4.74 Å². The molecule has 62 valence electrons. The molecule has 0 amide bonds. The first-order valence-electron chi connectivity index (χ1n) is 3.16. The van der Waals surface area contributed by atoms with Gasteiger partial charge in [-0.1, -0.05) is 6.92 Å². The Morgan fingerprint density at radius 2 is 1.90 bits per heavy atom. The van der Waals surface area contributed by atoms with Crippen molar-refractivity contribution in [1.29, 1.82) is 0 Å². The predicted molar refractivity (Wildman–Crippen MR) is 31.8 cm³/mol. The van der Waals surface area contributed by atoms with Gasteiger partial charge in [-0.15, -0.1) is 0 Å². The number of rotatable bonds is 3. The summed E-state index contributed by atoms with van der Waals surface area (Å²) < 4.78 is 39.4. The van der Waals surface area contributed by atoms with Crippen LogP contribution in [0.4, 0.5) is 13.2 Å². The minimum absolute atomic E-state index is 0.167. The summed E-state index contributed by atoms with van der Waals surface area (Å²) in [4.78, 5) is 0. The highest BCUT2D eigenvalue weighted by molar-refractivity contribution is 4.59. The van der Waals surface area contributed by atoms with Crippen LogP contribution in [0.1, 0.15) is 20.3 Å². The van der Waals surface area contributed by atoms with E-state index in [1.807, 2.05) is 0 Å². The van der Waals surface area contributed by atoms with Crippen molar-refractivity contribution < 1.29 is 17.9 Å². The molecule has 1 atom stereocenters. The van der Waals surface area contributed by atoms with Crippen molar-refractivity contribution >= 4 is 0 Å². The van der Waals surface area contributed by atoms with Gasteiger partial charge in [0.1, 0.15) is 0 Å². The van der Waals surface area contributed by atoms with E-state index in [2.05, 4.69) is 4.74 Å². The summed E-state index contributed by atoms with van der Waals surface area (Å²) in [5, 5.41) is 0. The predicted octanol–water partition coefficient (Wildman–Crippen LogP) is 2.36. The summed E-state index contributed by atoms with van der Waals surface area (Å²) in [7, 11) is 0. The molecule has 0 aromatic carbocycles. The Bertz CT molecular complexity index is 89.5. The Balaban J connectivity index is 3.52. The van der Waals surface area contributed by atoms with Crippen LogP contribution in [0.5, 0.6) is 0 Å². The minimum Gasteiger partial charge on any atom is -0.369 e. The molecule has 0 spiro atoms. The average Bonchev–Trinajstić information content (AvgIpc) is 1.80. The van der Waals surface area contributed by atoms with Gasteiger partial charge in [0.2, 0.25) is 0 Å². The van der Waals surface area contributed by atoms with Gasteiger partial charge in [0.25, 0.3) is 0 Å². The molecule has 0 fully saturated rings. The Hall–Kier alpha value is -0.250. The van der Waals surface area contributed by atoms with Gasteiger partial charge in [0.15, 0.2) is 6.10 Å². The van der Waals surface area contributed by atoms with Crippen LogP contribution in [0.2, 0.25) is 0 Å². The van der Waals surface area contributed by atoms with Gasteiger partial charge in [-0.3, -0.25) is 0 Å². The largest absolute Gasteiger partial charge is 0.414 e. The molecule has 0 bridgehead atoms. The molecule has 0 saturated heterocycles. The van der Waals surface area contributed by atoms with Crippen molar-refractivity contribution in [3.63, 3.8) is 0 Å². The fourth-order valence-corrected chi connectivity index (χ4v) is 0.389. The van der Waals surface area contributed by atoms with E-state index in [9.17, 15) is 13.2 Å². The van der Waals surface area contributed by atoms with Crippen LogP contribution in [0.3, 0.4) is 0 Å². The highest BCUT2D eigenvalue weighted by Gasteiger charge is 2.36. The van der Waals surface area contributed by atoms with Crippen LogP contribution in [0, 0.1) is 0 Å². The van der Waals surface area contributed by atoms with Gasteiger partial charge in [-0.25, -0.2) is 0 Å². The standard InChI is InChI=1S/C6H11F3O/c1-3-4-10-5(2)6(7,8)9/h5H,3-4H2,1-2H3. The first kappa shape index (κ1) is 9.75. The number of halogens is 3. The fraction of sp³-hybridized carbons (Fsp3) is 1.00. The third-order valence-electron chi connectivity index (χ3n) is 1.03. The fourth-order valence-electron chi connectivity index (χ4n) is 0.389. The minimum atomic E-state index is -4.21. The smallest absolute Gasteiger partial charge is 0.369 e. The molecule has 0 radical (unpaired) electrons. The molecule has 0 aliphatic heterocycles. The van der Waals surface area contributed by atoms with Gasteiger partial charge in [0.05, 0.1) is 0 Å². The van der Waals surface area contributed by atoms with E-state index in [0.29, 0.717) is 6.42 Å². The lowest BCUT2D eigenvalue weighted by Crippen LogP contribution is -2.28. The zero-order valence-electron chi connectivity index (χ0n) is 6.03. The average molecular weight is 156 g/mol. The summed E-state index contributed by atoms with van der Waals surface area (Å²) in [6.07, 6.45) is -5.23. The molecule has 0 N–H and O–H groups in total. The Labute approximate surface area is 58.2 Å². The maximum absolute atomic E-state index is 11.6. The Kier molecular flexibility index (Phi) is 3.71. The Morgan fingerprint density at radius 1 is 1.40 bits per heavy atom. The van der Waals surface area contributed by atoms with Gasteiger partial charge >= 0.3 is 6.18 Å². The number of alkyl halides is 3. The molecule has 10 heavy (non-hydrogen) atoms. The molecule has 0 aromatic rings. The van der Waals surface area contributed by atoms with E-state index in [4.69, 9.17) is 0 Å². The van der Waals surface area contributed by atoms with Crippen molar-refractivity contribution in [2.24, 2.45) is 0 Å². The maximum atomic E-state index is 11.6. The molecular formula is C6H11F3O. The van der Waals surface area contributed by atoms with Crippen LogP contribution in [0.15, 0.2) is 0 Å². The zero-order chi connectivity index (χ0) is 8.20. The summed E-state index contributed by atoms with van der Waals surface area (Å²) in [6.45, 7) is 2.94. The SMILES string of the molecule is CCCOC(C)C(F)(F)F. The van der Waals surface area contributed by atoms with E-state index in [0.717, 1.165) is 6.92 Å². The van der Waals surface area contributed by atoms with Gasteiger partial charge in [0, 0.05) is 6.61 Å². The van der Waals surface area contributed by atoms with E-state index in [-0.39, 0.29) is 6.61 Å². The molecule has 1 nitrogen and oxygen atoms in total. The van der Waals surface area contributed by atoms with Crippen molar-refractivity contribution in [2.45, 2.75) is 32.5 Å². The molecule has 1 unspecified atom stereocenters. The lowest BCUT2D eigenvalue weighted by atomic mass is 10.4. The number of ether oxygens (including phenoxy) is 1. The second kappa shape index (κ2) is 3.81. The normalized spacial score (nSPS) is 15.3. The highest BCUT2D eigenvalue weighted by Crippen LogP contribution is 2.22. The monoisotopic (exact) mass is 156 g/mol. The van der Waals surface area contributed by atoms with Crippen molar-refractivity contribution in [2.75, 3.05) is 6.61 Å². The third kappa shape index (κ3) is 3.71. The van der Waals surface area contributed by atoms with E-state index < -0.39 is 12.3 Å². The number of hydrogen-bond acceptors (Lipinski definition) is 1. The molecule has 0 rings (SSSR count). The van der Waals surface area contributed by atoms with Crippen LogP contribution >= 0.6 is 0 Å². The van der Waals surface area contributed by atoms with Crippen LogP contribution in [-0.4, -0.2) is 18.9 Å². The second-order valence-corrected chi connectivity index (χ2v) is 2.05. The van der Waals surface area contributed by atoms with Gasteiger partial charge < -0.3 is 4.74 Å². The topological polar surface area (TPSA) is 9.23 Å². The van der Waals surface area contributed by atoms with E-state index in [1.165, 1.54) is 0 Å². The summed E-state index contributed by atoms with van der Waals surface area (Å²) in [5.41, 5.74) is 0. The first-order chi connectivity index (χ1) is 4.48. The summed E-state index contributed by atoms with van der Waals surface area (Å²) in [5.74, 6) is 0. The number of hydrogen-bond donors (Lipinski definition) is 0. The quantitative estimate of drug-likeness (QED) is 0.609. The molecule has 0 heterocycles. The second-order valence-electron chi connectivity index (χ2n) is 2.05. The molecule has 0 aliphatic carbocycles. The summed E-state index contributed by atoms with van der Waals surface area (Å²) >= 11 is 0. The van der Waals surface area contributed by atoms with Crippen LogP contribution < -0.4 is 0 Å². The maximum Gasteiger partial charge on any atom is 0.414 e. The van der Waals surface area contributed by atoms with E-state index >= 15 is 0 Å². The first-order valence-corrected chi connectivity index (χ1v) is 3.16. The zero-order valence-corrected chi connectivity index (χ0v) is 6.03. The summed E-state index contributed by atoms with van der Waals surface area (Å²) in [6, 6.07) is 0. The van der Waals surface area contributed by atoms with Crippen molar-refractivity contribution in [3.8, 4) is 0 Å². The lowest BCUT2D eigenvalue weighted by molar-refractivity contribution is -0.214. The van der Waals surface area contributed by atoms with Crippen molar-refractivity contribution in [1.82, 2.24) is 0 Å². The molecular weight excluding hydrogens is 145 g/mol. The Morgan fingerprint density at radius 3 is 2.20 bits per heavy atom. The highest BCUT2D eigenvalue weighted by atomic mass is 19.4. The third-order valence-corrected chi connectivity index (χ3v) is 1.03.